The molecule has 2 N–H and O–H groups in total. The van der Waals surface area contributed by atoms with Crippen LogP contribution in [-0.4, -0.2) is 10.2 Å². The van der Waals surface area contributed by atoms with Crippen LogP contribution in [-0.2, 0) is 25.7 Å². The van der Waals surface area contributed by atoms with Gasteiger partial charge in [0, 0.05) is 9.79 Å². The Morgan fingerprint density at radius 2 is 0.889 bits per heavy atom. The van der Waals surface area contributed by atoms with E-state index in [1.807, 2.05) is 12.1 Å². The maximum absolute atomic E-state index is 10.4. The normalized spacial score (nSPS) is 11.1. The van der Waals surface area contributed by atoms with E-state index in [0.717, 1.165) is 62.5 Å². The highest BCUT2D eigenvalue weighted by Gasteiger charge is 2.14. The molecule has 0 saturated carbocycles. The van der Waals surface area contributed by atoms with Crippen LogP contribution in [0.25, 0.3) is 0 Å². The van der Waals surface area contributed by atoms with Gasteiger partial charge in [0.05, 0.1) is 0 Å². The number of phenols is 2. The highest BCUT2D eigenvalue weighted by molar-refractivity contribution is 7.99. The lowest BCUT2D eigenvalue weighted by Crippen LogP contribution is -1.96. The summed E-state index contributed by atoms with van der Waals surface area (Å²) in [5.74, 6) is 0.853. The molecule has 0 aromatic heterocycles. The Morgan fingerprint density at radius 1 is 0.556 bits per heavy atom. The first-order valence-electron chi connectivity index (χ1n) is 10.4. The topological polar surface area (TPSA) is 40.5 Å². The van der Waals surface area contributed by atoms with Crippen LogP contribution < -0.4 is 0 Å². The van der Waals surface area contributed by atoms with Crippen molar-refractivity contribution < 1.29 is 10.2 Å². The number of rotatable bonds is 10. The van der Waals surface area contributed by atoms with Crippen molar-refractivity contribution in [3.05, 3.63) is 46.5 Å². The summed E-state index contributed by atoms with van der Waals surface area (Å²) < 4.78 is 0. The van der Waals surface area contributed by atoms with Gasteiger partial charge in [-0.05, 0) is 72.2 Å². The minimum Gasteiger partial charge on any atom is -0.508 e. The molecule has 0 unspecified atom stereocenters. The summed E-state index contributed by atoms with van der Waals surface area (Å²) in [6.45, 7) is 8.63. The number of hydrogen-bond donors (Lipinski definition) is 2. The average Bonchev–Trinajstić information content (AvgIpc) is 2.63. The molecule has 2 aromatic carbocycles. The maximum Gasteiger partial charge on any atom is 0.119 e. The Hall–Kier alpha value is -1.61. The summed E-state index contributed by atoms with van der Waals surface area (Å²) in [7, 11) is 0. The van der Waals surface area contributed by atoms with Gasteiger partial charge in [-0.15, -0.1) is 0 Å². The minimum absolute atomic E-state index is 0.427. The molecular weight excluding hydrogens is 352 g/mol. The lowest BCUT2D eigenvalue weighted by Gasteiger charge is -2.16. The second-order valence-electron chi connectivity index (χ2n) is 7.28. The molecule has 0 spiro atoms. The summed E-state index contributed by atoms with van der Waals surface area (Å²) in [5.41, 5.74) is 4.49. The second-order valence-corrected chi connectivity index (χ2v) is 8.36. The van der Waals surface area contributed by atoms with Crippen molar-refractivity contribution >= 4 is 11.8 Å². The predicted molar refractivity (Wildman–Crippen MR) is 116 cm³/mol. The third kappa shape index (κ3) is 5.68. The molecule has 0 amide bonds. The van der Waals surface area contributed by atoms with Crippen molar-refractivity contribution in [2.45, 2.75) is 88.9 Å². The molecule has 2 aromatic rings. The number of phenolic OH excluding ortho intramolecular Hbond substituents is 2. The van der Waals surface area contributed by atoms with Gasteiger partial charge < -0.3 is 10.2 Å². The first-order chi connectivity index (χ1) is 13.0. The van der Waals surface area contributed by atoms with Crippen molar-refractivity contribution in [1.29, 1.82) is 0 Å². The van der Waals surface area contributed by atoms with Crippen LogP contribution in [0.3, 0.4) is 0 Å². The largest absolute Gasteiger partial charge is 0.508 e. The van der Waals surface area contributed by atoms with Gasteiger partial charge in [-0.3, -0.25) is 0 Å². The van der Waals surface area contributed by atoms with Crippen LogP contribution in [0.2, 0.25) is 0 Å². The molecule has 0 heterocycles. The summed E-state index contributed by atoms with van der Waals surface area (Å²) >= 11 is 1.80. The predicted octanol–water partition coefficient (Wildman–Crippen LogP) is 7.06. The van der Waals surface area contributed by atoms with Crippen LogP contribution in [0.4, 0.5) is 0 Å². The van der Waals surface area contributed by atoms with E-state index in [1.165, 1.54) is 20.9 Å². The lowest BCUT2D eigenvalue weighted by molar-refractivity contribution is 0.465. The molecule has 0 bridgehead atoms. The van der Waals surface area contributed by atoms with Gasteiger partial charge in [-0.25, -0.2) is 0 Å². The zero-order valence-electron chi connectivity index (χ0n) is 17.3. The first-order valence-corrected chi connectivity index (χ1v) is 11.2. The fraction of sp³-hybridized carbons (Fsp3) is 0.500. The van der Waals surface area contributed by atoms with Crippen LogP contribution in [0.1, 0.15) is 75.6 Å². The summed E-state index contributed by atoms with van der Waals surface area (Å²) in [6, 6.07) is 8.28. The third-order valence-corrected chi connectivity index (χ3v) is 6.02. The summed E-state index contributed by atoms with van der Waals surface area (Å²) in [5, 5.41) is 20.8. The Balaban J connectivity index is 2.49. The van der Waals surface area contributed by atoms with Crippen molar-refractivity contribution in [3.8, 4) is 11.5 Å². The molecule has 0 aliphatic rings. The van der Waals surface area contributed by atoms with E-state index in [9.17, 15) is 10.2 Å². The molecule has 2 nitrogen and oxygen atoms in total. The van der Waals surface area contributed by atoms with E-state index < -0.39 is 0 Å². The Kier molecular flexibility index (Phi) is 8.56. The van der Waals surface area contributed by atoms with Gasteiger partial charge in [0.25, 0.3) is 0 Å². The van der Waals surface area contributed by atoms with E-state index in [0.29, 0.717) is 11.5 Å². The highest BCUT2D eigenvalue weighted by Crippen LogP contribution is 2.39. The standard InChI is InChI=1S/C24H34O2S/c1-5-9-17-15-23(19(11-7-3)13-21(17)25)27-24-16-18(10-6-2)22(26)14-20(24)12-8-4/h13-16,25-26H,5-12H2,1-4H3. The van der Waals surface area contributed by atoms with Crippen molar-refractivity contribution in [3.63, 3.8) is 0 Å². The van der Waals surface area contributed by atoms with Gasteiger partial charge >= 0.3 is 0 Å². The molecular formula is C24H34O2S. The van der Waals surface area contributed by atoms with Gasteiger partial charge in [0.15, 0.2) is 0 Å². The molecule has 148 valence electrons. The molecule has 0 saturated heterocycles. The fourth-order valence-corrected chi connectivity index (χ4v) is 4.71. The van der Waals surface area contributed by atoms with E-state index in [2.05, 4.69) is 39.8 Å². The smallest absolute Gasteiger partial charge is 0.119 e. The molecule has 0 fully saturated rings. The number of benzene rings is 2. The fourth-order valence-electron chi connectivity index (χ4n) is 3.48. The number of hydrogen-bond acceptors (Lipinski definition) is 3. The summed E-state index contributed by atoms with van der Waals surface area (Å²) in [6.07, 6.45) is 7.86. The molecule has 0 radical (unpaired) electrons. The molecule has 0 aliphatic heterocycles. The van der Waals surface area contributed by atoms with Crippen LogP contribution in [0.15, 0.2) is 34.1 Å². The molecule has 0 aliphatic carbocycles. The number of aryl methyl sites for hydroxylation is 4. The quantitative estimate of drug-likeness (QED) is 0.459. The minimum atomic E-state index is 0.427. The van der Waals surface area contributed by atoms with Gasteiger partial charge in [-0.2, -0.15) is 0 Å². The van der Waals surface area contributed by atoms with Gasteiger partial charge in [0.2, 0.25) is 0 Å². The van der Waals surface area contributed by atoms with Crippen LogP contribution in [0.5, 0.6) is 11.5 Å². The Morgan fingerprint density at radius 3 is 1.22 bits per heavy atom. The van der Waals surface area contributed by atoms with E-state index in [4.69, 9.17) is 0 Å². The van der Waals surface area contributed by atoms with E-state index >= 15 is 0 Å². The first kappa shape index (κ1) is 21.7. The van der Waals surface area contributed by atoms with Crippen LogP contribution >= 0.6 is 11.8 Å². The second kappa shape index (κ2) is 10.7. The van der Waals surface area contributed by atoms with E-state index in [-0.39, 0.29) is 0 Å². The molecule has 27 heavy (non-hydrogen) atoms. The van der Waals surface area contributed by atoms with Crippen molar-refractivity contribution in [2.75, 3.05) is 0 Å². The van der Waals surface area contributed by atoms with Gasteiger partial charge in [0.1, 0.15) is 11.5 Å². The summed E-state index contributed by atoms with van der Waals surface area (Å²) in [4.78, 5) is 2.48. The van der Waals surface area contributed by atoms with Crippen molar-refractivity contribution in [1.82, 2.24) is 0 Å². The Labute approximate surface area is 169 Å². The van der Waals surface area contributed by atoms with Gasteiger partial charge in [-0.1, -0.05) is 65.1 Å². The SMILES string of the molecule is CCCc1cc(Sc2cc(CCC)c(O)cc2CCC)c(CCC)cc1O. The Bertz CT molecular complexity index is 689. The van der Waals surface area contributed by atoms with E-state index in [1.54, 1.807) is 11.8 Å². The van der Waals surface area contributed by atoms with Crippen LogP contribution in [0, 0.1) is 0 Å². The lowest BCUT2D eigenvalue weighted by atomic mass is 10.0. The number of aromatic hydroxyl groups is 2. The molecule has 3 heteroatoms. The zero-order valence-corrected chi connectivity index (χ0v) is 18.1. The molecule has 0 atom stereocenters. The monoisotopic (exact) mass is 386 g/mol. The zero-order chi connectivity index (χ0) is 19.8. The molecule has 2 rings (SSSR count). The average molecular weight is 387 g/mol. The van der Waals surface area contributed by atoms with Crippen molar-refractivity contribution in [2.24, 2.45) is 0 Å². The highest BCUT2D eigenvalue weighted by atomic mass is 32.2. The third-order valence-electron chi connectivity index (χ3n) is 4.82. The maximum atomic E-state index is 10.4.